The lowest BCUT2D eigenvalue weighted by Gasteiger charge is -2.38. The Morgan fingerprint density at radius 3 is 2.61 bits per heavy atom. The van der Waals surface area contributed by atoms with Crippen LogP contribution in [0.15, 0.2) is 12.1 Å². The number of rotatable bonds is 6. The molecule has 0 spiro atoms. The molecule has 36 heavy (non-hydrogen) atoms. The molecule has 2 unspecified atom stereocenters. The number of carbonyl (C=O) groups excluding carboxylic acids is 1. The first-order chi connectivity index (χ1) is 17.0. The SMILES string of the molecule is COCc1cc(C(=O)Nc2cc(C3CC([C@]45CC[C@H](CC4)N5C(=O)O)CO3)n(C(C)(C)C)n2)n(C)n1. The van der Waals surface area contributed by atoms with Gasteiger partial charge in [-0.25, -0.2) is 4.79 Å². The summed E-state index contributed by atoms with van der Waals surface area (Å²) in [7, 11) is 3.30. The second-order valence-corrected chi connectivity index (χ2v) is 11.3. The van der Waals surface area contributed by atoms with Gasteiger partial charge in [0, 0.05) is 32.2 Å². The molecule has 0 aromatic carbocycles. The third-order valence-electron chi connectivity index (χ3n) is 8.03. The lowest BCUT2D eigenvalue weighted by Crippen LogP contribution is -2.50. The number of ether oxygens (including phenoxy) is 2. The molecule has 3 fully saturated rings. The number of aryl methyl sites for hydroxylation is 1. The predicted molar refractivity (Wildman–Crippen MR) is 131 cm³/mol. The van der Waals surface area contributed by atoms with E-state index in [4.69, 9.17) is 14.6 Å². The Labute approximate surface area is 210 Å². The van der Waals surface area contributed by atoms with E-state index in [0.717, 1.165) is 37.8 Å². The van der Waals surface area contributed by atoms with Crippen LogP contribution in [0.4, 0.5) is 10.6 Å². The van der Waals surface area contributed by atoms with Gasteiger partial charge in [0.25, 0.3) is 5.91 Å². The Bertz CT molecular complexity index is 1160. The van der Waals surface area contributed by atoms with Crippen molar-refractivity contribution < 1.29 is 24.2 Å². The Hall–Kier alpha value is -2.92. The second kappa shape index (κ2) is 8.88. The highest BCUT2D eigenvalue weighted by Gasteiger charge is 2.59. The average molecular weight is 501 g/mol. The minimum Gasteiger partial charge on any atom is -0.465 e. The van der Waals surface area contributed by atoms with Crippen molar-refractivity contribution in [3.05, 3.63) is 29.2 Å². The highest BCUT2D eigenvalue weighted by molar-refractivity contribution is 6.02. The summed E-state index contributed by atoms with van der Waals surface area (Å²) in [5, 5.41) is 21.8. The summed E-state index contributed by atoms with van der Waals surface area (Å²) >= 11 is 0. The van der Waals surface area contributed by atoms with Gasteiger partial charge in [-0.1, -0.05) is 0 Å². The maximum atomic E-state index is 13.0. The molecule has 11 nitrogen and oxygen atoms in total. The summed E-state index contributed by atoms with van der Waals surface area (Å²) in [6.45, 7) is 7.02. The van der Waals surface area contributed by atoms with E-state index in [0.29, 0.717) is 30.4 Å². The maximum absolute atomic E-state index is 13.0. The molecule has 5 heterocycles. The molecule has 3 aliphatic rings. The number of anilines is 1. The first-order valence-electron chi connectivity index (χ1n) is 12.6. The van der Waals surface area contributed by atoms with Crippen LogP contribution >= 0.6 is 0 Å². The minimum absolute atomic E-state index is 0.139. The highest BCUT2D eigenvalue weighted by Crippen LogP contribution is 2.54. The van der Waals surface area contributed by atoms with Crippen LogP contribution in [0.3, 0.4) is 0 Å². The predicted octanol–water partition coefficient (Wildman–Crippen LogP) is 3.52. The number of fused-ring (bicyclic) bond motifs is 2. The Balaban J connectivity index is 1.37. The third kappa shape index (κ3) is 4.07. The van der Waals surface area contributed by atoms with Crippen molar-refractivity contribution in [2.45, 2.75) is 82.7 Å². The van der Waals surface area contributed by atoms with Crippen LogP contribution in [-0.2, 0) is 28.7 Å². The van der Waals surface area contributed by atoms with Crippen molar-refractivity contribution in [3.63, 3.8) is 0 Å². The van der Waals surface area contributed by atoms with Crippen molar-refractivity contribution >= 4 is 17.8 Å². The van der Waals surface area contributed by atoms with Gasteiger partial charge in [0.1, 0.15) is 5.69 Å². The molecule has 0 aliphatic carbocycles. The Morgan fingerprint density at radius 1 is 1.25 bits per heavy atom. The molecule has 3 saturated heterocycles. The summed E-state index contributed by atoms with van der Waals surface area (Å²) < 4.78 is 14.9. The average Bonchev–Trinajstić information content (AvgIpc) is 3.60. The van der Waals surface area contributed by atoms with E-state index in [1.165, 1.54) is 4.68 Å². The third-order valence-corrected chi connectivity index (χ3v) is 8.03. The monoisotopic (exact) mass is 500 g/mol. The summed E-state index contributed by atoms with van der Waals surface area (Å²) in [4.78, 5) is 26.8. The molecule has 196 valence electrons. The van der Waals surface area contributed by atoms with Gasteiger partial charge >= 0.3 is 6.09 Å². The molecule has 3 aliphatic heterocycles. The van der Waals surface area contributed by atoms with Gasteiger partial charge in [0.05, 0.1) is 41.8 Å². The van der Waals surface area contributed by atoms with E-state index in [1.807, 2.05) is 10.7 Å². The summed E-state index contributed by atoms with van der Waals surface area (Å²) in [5.41, 5.74) is 1.31. The number of nitrogens with one attached hydrogen (secondary N) is 1. The number of hydrogen-bond acceptors (Lipinski definition) is 6. The van der Waals surface area contributed by atoms with Crippen LogP contribution < -0.4 is 5.32 Å². The largest absolute Gasteiger partial charge is 0.465 e. The summed E-state index contributed by atoms with van der Waals surface area (Å²) in [5.74, 6) is 0.279. The topological polar surface area (TPSA) is 124 Å². The molecule has 2 aromatic rings. The lowest BCUT2D eigenvalue weighted by molar-refractivity contribution is 0.0595. The van der Waals surface area contributed by atoms with Crippen LogP contribution in [0.2, 0.25) is 0 Å². The van der Waals surface area contributed by atoms with E-state index in [-0.39, 0.29) is 35.0 Å². The summed E-state index contributed by atoms with van der Waals surface area (Å²) in [6.07, 6.45) is 3.37. The van der Waals surface area contributed by atoms with Crippen molar-refractivity contribution in [3.8, 4) is 0 Å². The smallest absolute Gasteiger partial charge is 0.408 e. The van der Waals surface area contributed by atoms with Gasteiger partial charge in [-0.15, -0.1) is 0 Å². The fourth-order valence-electron chi connectivity index (χ4n) is 6.49. The van der Waals surface area contributed by atoms with Gasteiger partial charge in [-0.05, 0) is 58.9 Å². The molecule has 11 heteroatoms. The zero-order valence-electron chi connectivity index (χ0n) is 21.7. The van der Waals surface area contributed by atoms with Gasteiger partial charge in [-0.3, -0.25) is 19.1 Å². The number of carboxylic acid groups (broad SMARTS) is 1. The molecule has 5 rings (SSSR count). The number of amides is 2. The molecular formula is C25H36N6O5. The normalized spacial score (nSPS) is 27.7. The van der Waals surface area contributed by atoms with Crippen LogP contribution in [-0.4, -0.2) is 66.9 Å². The Morgan fingerprint density at radius 2 is 1.97 bits per heavy atom. The Kier molecular flexibility index (Phi) is 6.11. The van der Waals surface area contributed by atoms with Crippen molar-refractivity contribution in [1.82, 2.24) is 24.5 Å². The quantitative estimate of drug-likeness (QED) is 0.622. The van der Waals surface area contributed by atoms with Crippen LogP contribution in [0, 0.1) is 5.92 Å². The fraction of sp³-hybridized carbons (Fsp3) is 0.680. The zero-order valence-corrected chi connectivity index (χ0v) is 21.7. The zero-order chi connectivity index (χ0) is 25.8. The standard InChI is InChI=1S/C25H36N6O5/c1-24(2,3)31-18(12-21(28-31)26-22(32)19-11-16(14-35-5)27-29(19)4)20-10-15(13-36-20)25-8-6-17(7-9-25)30(25)23(33)34/h11-12,15,17,20H,6-10,13-14H2,1-5H3,(H,33,34)(H,26,28,32)/t15?,17-,20?,25+. The number of nitrogens with zero attached hydrogens (tertiary/aromatic N) is 5. The van der Waals surface area contributed by atoms with E-state index < -0.39 is 6.09 Å². The van der Waals surface area contributed by atoms with E-state index in [9.17, 15) is 14.7 Å². The van der Waals surface area contributed by atoms with Crippen molar-refractivity contribution in [1.29, 1.82) is 0 Å². The molecule has 2 aromatic heterocycles. The number of aromatic nitrogens is 4. The second-order valence-electron chi connectivity index (χ2n) is 11.3. The van der Waals surface area contributed by atoms with Crippen LogP contribution in [0.1, 0.15) is 80.9 Å². The van der Waals surface area contributed by atoms with Crippen LogP contribution in [0.25, 0.3) is 0 Å². The molecule has 2 bridgehead atoms. The van der Waals surface area contributed by atoms with Crippen molar-refractivity contribution in [2.75, 3.05) is 19.0 Å². The molecule has 0 saturated carbocycles. The fourth-order valence-corrected chi connectivity index (χ4v) is 6.49. The highest BCUT2D eigenvalue weighted by atomic mass is 16.5. The number of carbonyl (C=O) groups is 2. The van der Waals surface area contributed by atoms with Gasteiger partial charge in [0.2, 0.25) is 0 Å². The first-order valence-corrected chi connectivity index (χ1v) is 12.6. The van der Waals surface area contributed by atoms with Gasteiger partial charge in [-0.2, -0.15) is 10.2 Å². The van der Waals surface area contributed by atoms with Gasteiger partial charge < -0.3 is 19.9 Å². The van der Waals surface area contributed by atoms with E-state index in [2.05, 4.69) is 31.2 Å². The van der Waals surface area contributed by atoms with Crippen LogP contribution in [0.5, 0.6) is 0 Å². The molecule has 0 radical (unpaired) electrons. The van der Waals surface area contributed by atoms with E-state index in [1.54, 1.807) is 25.1 Å². The maximum Gasteiger partial charge on any atom is 0.408 e. The number of hydrogen-bond donors (Lipinski definition) is 2. The molecular weight excluding hydrogens is 464 g/mol. The lowest BCUT2D eigenvalue weighted by atomic mass is 9.76. The summed E-state index contributed by atoms with van der Waals surface area (Å²) in [6, 6.07) is 3.72. The first kappa shape index (κ1) is 24.8. The van der Waals surface area contributed by atoms with Gasteiger partial charge in [0.15, 0.2) is 5.82 Å². The molecule has 2 amide bonds. The van der Waals surface area contributed by atoms with E-state index >= 15 is 0 Å². The minimum atomic E-state index is -0.813. The number of methoxy groups -OCH3 is 1. The van der Waals surface area contributed by atoms with Crippen molar-refractivity contribution in [2.24, 2.45) is 13.0 Å². The molecule has 2 N–H and O–H groups in total. The molecule has 2 atom stereocenters.